The first-order valence-corrected chi connectivity index (χ1v) is 23.7. The summed E-state index contributed by atoms with van der Waals surface area (Å²) in [6.07, 6.45) is 8.80. The number of hydrogen-bond acceptors (Lipinski definition) is 5. The number of fused-ring (bicyclic) bond motifs is 3. The summed E-state index contributed by atoms with van der Waals surface area (Å²) < 4.78 is 46.0. The number of pyridine rings is 1. The molecule has 9 nitrogen and oxygen atoms in total. The van der Waals surface area contributed by atoms with Crippen molar-refractivity contribution in [3.8, 4) is 0 Å². The molecule has 3 aliphatic rings. The number of carbonyl (C=O) groups excluding carboxylic acids is 1. The van der Waals surface area contributed by atoms with Gasteiger partial charge in [-0.3, -0.25) is 9.67 Å². The van der Waals surface area contributed by atoms with E-state index in [4.69, 9.17) is 9.41 Å². The number of aryl methyl sites for hydroxylation is 1. The molecule has 0 radical (unpaired) electrons. The topological polar surface area (TPSA) is 110 Å². The monoisotopic (exact) mass is 675 g/mol. The van der Waals surface area contributed by atoms with Crippen molar-refractivity contribution in [1.82, 2.24) is 19.2 Å². The van der Waals surface area contributed by atoms with Crippen molar-refractivity contribution in [3.05, 3.63) is 40.9 Å². The van der Waals surface area contributed by atoms with Gasteiger partial charge in [0.05, 0.1) is 31.0 Å². The lowest BCUT2D eigenvalue weighted by molar-refractivity contribution is 0.173. The Morgan fingerprint density at radius 3 is 2.42 bits per heavy atom. The van der Waals surface area contributed by atoms with Gasteiger partial charge in [-0.1, -0.05) is 54.6 Å². The zero-order chi connectivity index (χ0) is 33.4. The Bertz CT molecular complexity index is 1630. The van der Waals surface area contributed by atoms with E-state index in [1.807, 2.05) is 20.0 Å². The van der Waals surface area contributed by atoms with Gasteiger partial charge in [-0.15, -0.1) is 4.36 Å². The smallest absolute Gasteiger partial charge is 0.354 e. The normalized spacial score (nSPS) is 21.6. The van der Waals surface area contributed by atoms with Crippen LogP contribution in [0, 0.1) is 12.2 Å². The molecule has 3 atom stereocenters. The van der Waals surface area contributed by atoms with Crippen molar-refractivity contribution in [2.24, 2.45) is 4.36 Å². The Morgan fingerprint density at radius 1 is 1.16 bits per heavy atom. The van der Waals surface area contributed by atoms with Gasteiger partial charge in [0, 0.05) is 17.7 Å². The maximum atomic E-state index is 15.8. The molecule has 5 rings (SSSR count). The molecule has 0 saturated heterocycles. The van der Waals surface area contributed by atoms with E-state index < -0.39 is 38.3 Å². The first kappa shape index (κ1) is 34.3. The number of halogens is 1. The quantitative estimate of drug-likeness (QED) is 0.220. The van der Waals surface area contributed by atoms with E-state index in [1.54, 1.807) is 0 Å². The lowest BCUT2D eigenvalue weighted by atomic mass is 10.0. The van der Waals surface area contributed by atoms with Gasteiger partial charge in [0.15, 0.2) is 29.5 Å². The molecule has 248 valence electrons. The highest BCUT2D eigenvalue weighted by atomic mass is 32.2. The second-order valence-corrected chi connectivity index (χ2v) is 28.3. The SMILES string of the molecule is C[C@H](Cn1cc(F)c(S(=O)(=NC(=O)Nc2c3c(nc4c2CCC42[CH+]C2)CCC3)N[Si](C)(C)C(C)(C)C)n1)O[Si](C)(C)C(C)(C)C. The summed E-state index contributed by atoms with van der Waals surface area (Å²) in [5, 5.41) is 6.88. The third-order valence-electron chi connectivity index (χ3n) is 10.7. The first-order valence-electron chi connectivity index (χ1n) is 16.2. The third kappa shape index (κ3) is 6.56. The van der Waals surface area contributed by atoms with Crippen LogP contribution in [0.3, 0.4) is 0 Å². The number of carbonyl (C=O) groups is 1. The number of nitrogens with one attached hydrogen (secondary N) is 2. The molecule has 1 saturated carbocycles. The molecule has 3 aliphatic carbocycles. The van der Waals surface area contributed by atoms with Gasteiger partial charge < -0.3 is 9.74 Å². The van der Waals surface area contributed by atoms with Crippen molar-refractivity contribution in [2.45, 2.75) is 146 Å². The summed E-state index contributed by atoms with van der Waals surface area (Å²) in [5.74, 6) is -0.765. The molecule has 2 unspecified atom stereocenters. The highest BCUT2D eigenvalue weighted by molar-refractivity contribution is 7.93. The lowest BCUT2D eigenvalue weighted by Crippen LogP contribution is -2.54. The Kier molecular flexibility index (Phi) is 8.59. The molecule has 2 aromatic rings. The van der Waals surface area contributed by atoms with Gasteiger partial charge in [-0.2, -0.15) is 5.10 Å². The van der Waals surface area contributed by atoms with E-state index in [0.29, 0.717) is 0 Å². The Hall–Kier alpha value is -2.07. The molecule has 1 fully saturated rings. The van der Waals surface area contributed by atoms with Crippen molar-refractivity contribution >= 4 is 38.2 Å². The standard InChI is InChI=1S/C32H51FN6O3SSi2/c1-21(42-45(10,11)31(5,6)7)19-39-20-24(33)28(36-39)43(41,38-44(8,9)30(2,3)4)37-29(40)35-26-22-13-12-14-25(22)34-27-23(26)15-16-32(27)17-18-32/h17,20-21H,12-16,18-19H2,1-11H3,(H-,34,35,37,38,40,41)/p+1/t21-,32?,43?/m1/s1. The van der Waals surface area contributed by atoms with E-state index in [-0.39, 0.29) is 33.2 Å². The van der Waals surface area contributed by atoms with E-state index in [0.717, 1.165) is 66.7 Å². The first-order chi connectivity index (χ1) is 20.6. The summed E-state index contributed by atoms with van der Waals surface area (Å²) in [5.41, 5.74) is 4.99. The fraction of sp³-hybridized carbons (Fsp3) is 0.688. The van der Waals surface area contributed by atoms with Crippen LogP contribution >= 0.6 is 0 Å². The van der Waals surface area contributed by atoms with E-state index in [2.05, 4.69) is 80.2 Å². The van der Waals surface area contributed by atoms with Crippen LogP contribution < -0.4 is 9.70 Å². The van der Waals surface area contributed by atoms with Gasteiger partial charge in [0.1, 0.15) is 20.4 Å². The number of urea groups is 1. The van der Waals surface area contributed by atoms with Crippen LogP contribution in [0.1, 0.15) is 90.2 Å². The van der Waals surface area contributed by atoms with Crippen molar-refractivity contribution in [2.75, 3.05) is 5.32 Å². The second kappa shape index (κ2) is 11.3. The molecule has 0 aliphatic heterocycles. The van der Waals surface area contributed by atoms with E-state index >= 15 is 4.39 Å². The summed E-state index contributed by atoms with van der Waals surface area (Å²) in [6.45, 7) is 23.2. The van der Waals surface area contributed by atoms with Crippen molar-refractivity contribution in [3.63, 3.8) is 0 Å². The second-order valence-electron chi connectivity index (χ2n) is 16.4. The maximum absolute atomic E-state index is 15.8. The van der Waals surface area contributed by atoms with E-state index in [9.17, 15) is 9.00 Å². The van der Waals surface area contributed by atoms with Crippen LogP contribution in [-0.4, -0.2) is 47.7 Å². The molecule has 45 heavy (non-hydrogen) atoms. The minimum absolute atomic E-state index is 0.0159. The largest absolute Gasteiger partial charge is 0.412 e. The summed E-state index contributed by atoms with van der Waals surface area (Å²) in [7, 11) is -8.45. The Balaban J connectivity index is 1.50. The summed E-state index contributed by atoms with van der Waals surface area (Å²) in [6, 6.07) is -0.766. The number of hydrogen-bond donors (Lipinski definition) is 2. The van der Waals surface area contributed by atoms with Crippen molar-refractivity contribution in [1.29, 1.82) is 0 Å². The Morgan fingerprint density at radius 2 is 1.82 bits per heavy atom. The van der Waals surface area contributed by atoms with E-state index in [1.165, 1.54) is 10.9 Å². The van der Waals surface area contributed by atoms with Crippen LogP contribution in [0.2, 0.25) is 36.3 Å². The number of amides is 2. The predicted molar refractivity (Wildman–Crippen MR) is 183 cm³/mol. The van der Waals surface area contributed by atoms with Crippen LogP contribution in [0.4, 0.5) is 14.9 Å². The predicted octanol–water partition coefficient (Wildman–Crippen LogP) is 7.68. The molecule has 2 aromatic heterocycles. The molecule has 0 bridgehead atoms. The van der Waals surface area contributed by atoms with Crippen molar-refractivity contribution < 1.29 is 17.8 Å². The average molecular weight is 676 g/mol. The molecule has 1 spiro atoms. The molecule has 2 N–H and O–H groups in total. The highest BCUT2D eigenvalue weighted by Gasteiger charge is 2.62. The van der Waals surface area contributed by atoms with Crippen LogP contribution in [0.5, 0.6) is 0 Å². The minimum atomic E-state index is -3.81. The lowest BCUT2D eigenvalue weighted by Gasteiger charge is -2.38. The fourth-order valence-corrected chi connectivity index (χ4v) is 12.8. The molecule has 13 heteroatoms. The van der Waals surface area contributed by atoms with Crippen LogP contribution in [-0.2, 0) is 45.6 Å². The highest BCUT2D eigenvalue weighted by Crippen LogP contribution is 2.57. The zero-order valence-corrected chi connectivity index (χ0v) is 31.8. The summed E-state index contributed by atoms with van der Waals surface area (Å²) in [4.78, 5) is 18.8. The Labute approximate surface area is 271 Å². The molecule has 2 heterocycles. The summed E-state index contributed by atoms with van der Waals surface area (Å²) >= 11 is 0. The van der Waals surface area contributed by atoms with Crippen LogP contribution in [0.25, 0.3) is 0 Å². The average Bonchev–Trinajstić information content (AvgIpc) is 3.16. The molecular formula is C32H52FN6O3SSi2+. The third-order valence-corrected chi connectivity index (χ3v) is 23.4. The zero-order valence-electron chi connectivity index (χ0n) is 29.0. The number of nitrogens with zero attached hydrogens (tertiary/aromatic N) is 4. The van der Waals surface area contributed by atoms with Gasteiger partial charge in [0.25, 0.3) is 0 Å². The number of rotatable bonds is 8. The van der Waals surface area contributed by atoms with Gasteiger partial charge in [0.2, 0.25) is 5.03 Å². The molecule has 0 aromatic carbocycles. The fourth-order valence-electron chi connectivity index (χ4n) is 5.92. The maximum Gasteiger partial charge on any atom is 0.354 e. The molecule has 2 amide bonds. The van der Waals surface area contributed by atoms with Crippen LogP contribution in [0.15, 0.2) is 15.6 Å². The molecular weight excluding hydrogens is 624 g/mol. The number of anilines is 1. The minimum Gasteiger partial charge on any atom is -0.412 e. The van der Waals surface area contributed by atoms with Gasteiger partial charge in [-0.05, 0) is 61.3 Å². The van der Waals surface area contributed by atoms with Gasteiger partial charge in [-0.25, -0.2) is 17.8 Å². The number of aromatic nitrogens is 3. The van der Waals surface area contributed by atoms with Gasteiger partial charge >= 0.3 is 6.03 Å².